The number of carbonyl (C=O) groups is 1. The molecule has 0 spiro atoms. The highest BCUT2D eigenvalue weighted by atomic mass is 32.1. The van der Waals surface area contributed by atoms with Gasteiger partial charge >= 0.3 is 5.97 Å². The van der Waals surface area contributed by atoms with Crippen LogP contribution in [0.1, 0.15) is 27.0 Å². The topological polar surface area (TPSA) is 76.1 Å². The number of rotatable bonds is 2. The van der Waals surface area contributed by atoms with Crippen molar-refractivity contribution >= 4 is 23.0 Å². The minimum atomic E-state index is -0.459. The van der Waals surface area contributed by atoms with Crippen LogP contribution in [0.4, 0.5) is 5.69 Å². The molecule has 0 atom stereocenters. The van der Waals surface area contributed by atoms with Crippen LogP contribution in [0.15, 0.2) is 0 Å². The summed E-state index contributed by atoms with van der Waals surface area (Å²) in [5.41, 5.74) is 6.24. The number of nitrogen functional groups attached to an aromatic ring is 1. The highest BCUT2D eigenvalue weighted by Crippen LogP contribution is 2.30. The van der Waals surface area contributed by atoms with Gasteiger partial charge in [0.25, 0.3) is 0 Å². The fraction of sp³-hybridized carbons (Fsp3) is 0.333. The summed E-state index contributed by atoms with van der Waals surface area (Å²) in [6.07, 6.45) is 0. The van der Waals surface area contributed by atoms with E-state index in [0.717, 1.165) is 4.88 Å². The Hall–Kier alpha value is -1.54. The molecule has 5 heteroatoms. The molecule has 1 aromatic heterocycles. The number of ether oxygens (including phenoxy) is 1. The molecule has 0 amide bonds. The summed E-state index contributed by atoms with van der Waals surface area (Å²) in [7, 11) is 0. The van der Waals surface area contributed by atoms with Crippen LogP contribution in [-0.2, 0) is 4.74 Å². The van der Waals surface area contributed by atoms with Crippen LogP contribution in [0.25, 0.3) is 0 Å². The van der Waals surface area contributed by atoms with Gasteiger partial charge in [-0.2, -0.15) is 5.26 Å². The van der Waals surface area contributed by atoms with Gasteiger partial charge in [-0.15, -0.1) is 11.3 Å². The molecule has 0 fully saturated rings. The number of carbonyl (C=O) groups excluding carboxylic acids is 1. The molecular formula is C9H10N2O2S. The molecule has 0 bridgehead atoms. The lowest BCUT2D eigenvalue weighted by atomic mass is 10.2. The third kappa shape index (κ3) is 1.70. The molecule has 4 nitrogen and oxygen atoms in total. The summed E-state index contributed by atoms with van der Waals surface area (Å²) < 4.78 is 4.80. The Morgan fingerprint density at radius 1 is 1.71 bits per heavy atom. The Kier molecular flexibility index (Phi) is 3.10. The van der Waals surface area contributed by atoms with Crippen LogP contribution in [0.2, 0.25) is 0 Å². The van der Waals surface area contributed by atoms with Crippen molar-refractivity contribution in [1.82, 2.24) is 0 Å². The van der Waals surface area contributed by atoms with Gasteiger partial charge in [0.15, 0.2) is 0 Å². The SMILES string of the molecule is CCOC(=O)c1sc(C)c(C#N)c1N. The molecule has 0 aromatic carbocycles. The average molecular weight is 210 g/mol. The molecule has 0 unspecified atom stereocenters. The van der Waals surface area contributed by atoms with Crippen LogP contribution in [-0.4, -0.2) is 12.6 Å². The van der Waals surface area contributed by atoms with Gasteiger partial charge < -0.3 is 10.5 Å². The molecule has 74 valence electrons. The molecule has 0 saturated heterocycles. The minimum Gasteiger partial charge on any atom is -0.462 e. The van der Waals surface area contributed by atoms with E-state index in [-0.39, 0.29) is 5.69 Å². The molecule has 1 aromatic rings. The first-order valence-corrected chi connectivity index (χ1v) is 4.89. The van der Waals surface area contributed by atoms with E-state index in [9.17, 15) is 4.79 Å². The predicted molar refractivity (Wildman–Crippen MR) is 54.1 cm³/mol. The van der Waals surface area contributed by atoms with Gasteiger partial charge in [-0.3, -0.25) is 0 Å². The quantitative estimate of drug-likeness (QED) is 0.753. The standard InChI is InChI=1S/C9H10N2O2S/c1-3-13-9(12)8-7(11)6(4-10)5(2)14-8/h3,11H2,1-2H3. The number of aryl methyl sites for hydroxylation is 1. The molecule has 0 radical (unpaired) electrons. The van der Waals surface area contributed by atoms with E-state index in [2.05, 4.69) is 0 Å². The van der Waals surface area contributed by atoms with Gasteiger partial charge in [0, 0.05) is 4.88 Å². The third-order valence-corrected chi connectivity index (χ3v) is 2.79. The summed E-state index contributed by atoms with van der Waals surface area (Å²) in [5.74, 6) is -0.459. The zero-order chi connectivity index (χ0) is 10.7. The van der Waals surface area contributed by atoms with Gasteiger partial charge in [-0.05, 0) is 13.8 Å². The van der Waals surface area contributed by atoms with Crippen molar-refractivity contribution in [3.05, 3.63) is 15.3 Å². The second-order valence-electron chi connectivity index (χ2n) is 2.61. The summed E-state index contributed by atoms with van der Waals surface area (Å²) >= 11 is 1.19. The van der Waals surface area contributed by atoms with Gasteiger partial charge in [-0.25, -0.2) is 4.79 Å². The normalized spacial score (nSPS) is 9.50. The van der Waals surface area contributed by atoms with E-state index in [1.807, 2.05) is 6.07 Å². The first-order chi connectivity index (χ1) is 6.61. The second kappa shape index (κ2) is 4.11. The minimum absolute atomic E-state index is 0.230. The Balaban J connectivity index is 3.13. The highest BCUT2D eigenvalue weighted by molar-refractivity contribution is 7.14. The maximum absolute atomic E-state index is 11.3. The molecule has 2 N–H and O–H groups in total. The first kappa shape index (κ1) is 10.5. The molecule has 1 rings (SSSR count). The fourth-order valence-corrected chi connectivity index (χ4v) is 1.97. The van der Waals surface area contributed by atoms with Crippen LogP contribution in [0.3, 0.4) is 0 Å². The van der Waals surface area contributed by atoms with Crippen molar-refractivity contribution in [2.24, 2.45) is 0 Å². The van der Waals surface area contributed by atoms with E-state index in [1.54, 1.807) is 13.8 Å². The number of hydrogen-bond acceptors (Lipinski definition) is 5. The van der Waals surface area contributed by atoms with Gasteiger partial charge in [0.2, 0.25) is 0 Å². The smallest absolute Gasteiger partial charge is 0.350 e. The van der Waals surface area contributed by atoms with E-state index in [0.29, 0.717) is 17.0 Å². The zero-order valence-electron chi connectivity index (χ0n) is 7.96. The van der Waals surface area contributed by atoms with Crippen molar-refractivity contribution in [2.45, 2.75) is 13.8 Å². The molecule has 0 saturated carbocycles. The Bertz CT molecular complexity index is 404. The van der Waals surface area contributed by atoms with Crippen LogP contribution < -0.4 is 5.73 Å². The number of anilines is 1. The number of esters is 1. The molecule has 1 heterocycles. The van der Waals surface area contributed by atoms with Crippen molar-refractivity contribution in [1.29, 1.82) is 5.26 Å². The average Bonchev–Trinajstić information content (AvgIpc) is 2.42. The van der Waals surface area contributed by atoms with Crippen LogP contribution >= 0.6 is 11.3 Å². The maximum atomic E-state index is 11.3. The Morgan fingerprint density at radius 2 is 2.36 bits per heavy atom. The summed E-state index contributed by atoms with van der Waals surface area (Å²) in [5, 5.41) is 8.75. The van der Waals surface area contributed by atoms with Gasteiger partial charge in [-0.1, -0.05) is 0 Å². The largest absolute Gasteiger partial charge is 0.462 e. The van der Waals surface area contributed by atoms with Crippen LogP contribution in [0, 0.1) is 18.3 Å². The first-order valence-electron chi connectivity index (χ1n) is 4.07. The van der Waals surface area contributed by atoms with E-state index in [4.69, 9.17) is 15.7 Å². The lowest BCUT2D eigenvalue weighted by molar-refractivity contribution is 0.0533. The van der Waals surface area contributed by atoms with Crippen molar-refractivity contribution in [3.8, 4) is 6.07 Å². The third-order valence-electron chi connectivity index (χ3n) is 1.69. The molecule has 0 aliphatic heterocycles. The second-order valence-corrected chi connectivity index (χ2v) is 3.83. The van der Waals surface area contributed by atoms with Crippen LogP contribution in [0.5, 0.6) is 0 Å². The number of hydrogen-bond donors (Lipinski definition) is 1. The zero-order valence-corrected chi connectivity index (χ0v) is 8.77. The lowest BCUT2D eigenvalue weighted by Gasteiger charge is -1.98. The van der Waals surface area contributed by atoms with E-state index in [1.165, 1.54) is 11.3 Å². The van der Waals surface area contributed by atoms with Gasteiger partial charge in [0.05, 0.1) is 17.9 Å². The summed E-state index contributed by atoms with van der Waals surface area (Å²) in [4.78, 5) is 12.4. The molecule has 0 aliphatic carbocycles. The number of thiophene rings is 1. The molecule has 0 aliphatic rings. The van der Waals surface area contributed by atoms with E-state index >= 15 is 0 Å². The monoisotopic (exact) mass is 210 g/mol. The van der Waals surface area contributed by atoms with Crippen molar-refractivity contribution < 1.29 is 9.53 Å². The highest BCUT2D eigenvalue weighted by Gasteiger charge is 2.19. The van der Waals surface area contributed by atoms with Crippen molar-refractivity contribution in [2.75, 3.05) is 12.3 Å². The maximum Gasteiger partial charge on any atom is 0.350 e. The Morgan fingerprint density at radius 3 is 2.79 bits per heavy atom. The number of nitriles is 1. The summed E-state index contributed by atoms with van der Waals surface area (Å²) in [6.45, 7) is 3.78. The molecule has 14 heavy (non-hydrogen) atoms. The van der Waals surface area contributed by atoms with E-state index < -0.39 is 5.97 Å². The Labute approximate surface area is 85.9 Å². The molecular weight excluding hydrogens is 200 g/mol. The number of nitrogens with zero attached hydrogens (tertiary/aromatic N) is 1. The van der Waals surface area contributed by atoms with Crippen molar-refractivity contribution in [3.63, 3.8) is 0 Å². The lowest BCUT2D eigenvalue weighted by Crippen LogP contribution is -2.05. The predicted octanol–water partition coefficient (Wildman–Crippen LogP) is 1.69. The van der Waals surface area contributed by atoms with Gasteiger partial charge in [0.1, 0.15) is 10.9 Å². The summed E-state index contributed by atoms with van der Waals surface area (Å²) in [6, 6.07) is 1.96. The fourth-order valence-electron chi connectivity index (χ4n) is 1.05. The number of nitrogens with two attached hydrogens (primary N) is 1.